The van der Waals surface area contributed by atoms with Crippen molar-refractivity contribution in [2.75, 3.05) is 26.9 Å². The van der Waals surface area contributed by atoms with Crippen molar-refractivity contribution in [1.82, 2.24) is 10.6 Å². The Bertz CT molecular complexity index is 786. The number of carboxylic acid groups (broad SMARTS) is 1. The number of carboxylic acids is 1. The molecule has 0 aromatic carbocycles. The van der Waals surface area contributed by atoms with E-state index in [4.69, 9.17) is 25.1 Å². The number of rotatable bonds is 11. The van der Waals surface area contributed by atoms with Gasteiger partial charge in [0.25, 0.3) is 0 Å². The van der Waals surface area contributed by atoms with Crippen LogP contribution in [0.5, 0.6) is 0 Å². The summed E-state index contributed by atoms with van der Waals surface area (Å²) in [6.07, 6.45) is -2.75. The van der Waals surface area contributed by atoms with Gasteiger partial charge in [0.15, 0.2) is 5.96 Å². The molecule has 0 fully saturated rings. The van der Waals surface area contributed by atoms with Gasteiger partial charge in [0.2, 0.25) is 5.76 Å². The predicted octanol–water partition coefficient (Wildman–Crippen LogP) is -1.43. The fraction of sp³-hybridized carbons (Fsp3) is 0.632. The van der Waals surface area contributed by atoms with Gasteiger partial charge in [0.05, 0.1) is 31.9 Å². The summed E-state index contributed by atoms with van der Waals surface area (Å²) in [6, 6.07) is -2.27. The Morgan fingerprint density at radius 2 is 1.91 bits per heavy atom. The minimum atomic E-state index is -1.45. The van der Waals surface area contributed by atoms with Gasteiger partial charge in [0.1, 0.15) is 19.3 Å². The fourth-order valence-electron chi connectivity index (χ4n) is 2.80. The quantitative estimate of drug-likeness (QED) is 0.0644. The number of aliphatic imine (C=N–C) groups is 1. The molecule has 0 saturated carbocycles. The molecule has 0 radical (unpaired) electrons. The van der Waals surface area contributed by atoms with Gasteiger partial charge in [-0.3, -0.25) is 10.1 Å². The van der Waals surface area contributed by atoms with Crippen LogP contribution >= 0.6 is 0 Å². The average Bonchev–Trinajstić information content (AvgIpc) is 2.78. The number of methoxy groups -OCH3 is 1. The summed E-state index contributed by atoms with van der Waals surface area (Å²) in [5.41, 5.74) is 5.72. The number of nitrogens with two attached hydrogens (primary N) is 1. The van der Waals surface area contributed by atoms with E-state index in [0.29, 0.717) is 6.42 Å². The first-order valence-corrected chi connectivity index (χ1v) is 10.3. The molecule has 0 aromatic heterocycles. The van der Waals surface area contributed by atoms with Crippen LogP contribution in [0.15, 0.2) is 16.8 Å². The van der Waals surface area contributed by atoms with Gasteiger partial charge in [-0.1, -0.05) is 6.92 Å². The highest BCUT2D eigenvalue weighted by molar-refractivity contribution is 5.93. The molecular formula is C19H30N4O11. The van der Waals surface area contributed by atoms with Crippen molar-refractivity contribution in [3.8, 4) is 0 Å². The number of aliphatic carboxylic acids is 1. The second-order valence-electron chi connectivity index (χ2n) is 6.96. The number of hydrogen-bond acceptors (Lipinski definition) is 11. The van der Waals surface area contributed by atoms with E-state index in [0.717, 1.165) is 13.2 Å². The molecule has 0 aliphatic carbocycles. The molecule has 15 heteroatoms. The second-order valence-corrected chi connectivity index (χ2v) is 6.96. The Morgan fingerprint density at radius 3 is 2.50 bits per heavy atom. The van der Waals surface area contributed by atoms with Gasteiger partial charge < -0.3 is 45.3 Å². The predicted molar refractivity (Wildman–Crippen MR) is 113 cm³/mol. The average molecular weight is 490 g/mol. The first-order valence-electron chi connectivity index (χ1n) is 10.3. The molecule has 0 unspecified atom stereocenters. The number of nitrogens with zero attached hydrogens (tertiary/aromatic N) is 1. The van der Waals surface area contributed by atoms with E-state index >= 15 is 0 Å². The van der Waals surface area contributed by atoms with Crippen LogP contribution < -0.4 is 16.4 Å². The van der Waals surface area contributed by atoms with Crippen molar-refractivity contribution in [1.29, 1.82) is 0 Å². The largest absolute Gasteiger partial charge is 0.481 e. The van der Waals surface area contributed by atoms with Crippen molar-refractivity contribution < 1.29 is 53.4 Å². The first kappa shape index (κ1) is 28.4. The standard InChI is InChI=1S/C19H30N4O11/c1-3-4-14(26)32-5-6-33-19(30)23-17(20)21-11-8-13(16(27)28)34-12(7-10(25)9-24)15(11)22-18(29)31-2/h8,10-12,15,24-25H,3-7,9H2,1-2H3,(H,22,29)(H,27,28)(H3,20,21,23,30)/t10-,11+,12+,15+/m0/s1. The lowest BCUT2D eigenvalue weighted by molar-refractivity contribution is -0.144. The number of ether oxygens (including phenoxy) is 4. The summed E-state index contributed by atoms with van der Waals surface area (Å²) in [6.45, 7) is 0.757. The Balaban J connectivity index is 2.93. The van der Waals surface area contributed by atoms with Crippen molar-refractivity contribution >= 4 is 30.1 Å². The van der Waals surface area contributed by atoms with Crippen LogP contribution in [0.3, 0.4) is 0 Å². The molecule has 0 saturated heterocycles. The lowest BCUT2D eigenvalue weighted by Crippen LogP contribution is -2.55. The van der Waals surface area contributed by atoms with Crippen LogP contribution in [0.4, 0.5) is 9.59 Å². The maximum absolute atomic E-state index is 11.9. The van der Waals surface area contributed by atoms with Crippen LogP contribution in [0.1, 0.15) is 26.2 Å². The topological polar surface area (TPSA) is 228 Å². The van der Waals surface area contributed by atoms with Crippen LogP contribution in [-0.2, 0) is 28.5 Å². The third-order valence-electron chi connectivity index (χ3n) is 4.32. The minimum Gasteiger partial charge on any atom is -0.481 e. The molecule has 192 valence electrons. The third-order valence-corrected chi connectivity index (χ3v) is 4.32. The van der Waals surface area contributed by atoms with Crippen molar-refractivity contribution in [3.05, 3.63) is 11.8 Å². The summed E-state index contributed by atoms with van der Waals surface area (Å²) in [5.74, 6) is -2.92. The zero-order valence-electron chi connectivity index (χ0n) is 18.8. The lowest BCUT2D eigenvalue weighted by Gasteiger charge is -2.35. The van der Waals surface area contributed by atoms with Crippen molar-refractivity contribution in [2.24, 2.45) is 10.7 Å². The van der Waals surface area contributed by atoms with Gasteiger partial charge in [-0.15, -0.1) is 0 Å². The van der Waals surface area contributed by atoms with E-state index < -0.39 is 66.7 Å². The molecule has 0 spiro atoms. The Hall–Kier alpha value is -3.59. The maximum Gasteiger partial charge on any atom is 0.414 e. The van der Waals surface area contributed by atoms with E-state index in [1.165, 1.54) is 0 Å². The smallest absolute Gasteiger partial charge is 0.414 e. The number of nitrogens with one attached hydrogen (secondary N) is 2. The highest BCUT2D eigenvalue weighted by atomic mass is 16.6. The molecule has 0 aromatic rings. The number of carbonyl (C=O) groups excluding carboxylic acids is 3. The molecule has 1 heterocycles. The first-order chi connectivity index (χ1) is 16.1. The number of carbonyl (C=O) groups is 4. The molecule has 7 N–H and O–H groups in total. The molecule has 34 heavy (non-hydrogen) atoms. The summed E-state index contributed by atoms with van der Waals surface area (Å²) < 4.78 is 19.5. The highest BCUT2D eigenvalue weighted by Gasteiger charge is 2.39. The van der Waals surface area contributed by atoms with E-state index in [2.05, 4.69) is 20.4 Å². The number of esters is 1. The molecule has 0 bridgehead atoms. The zero-order valence-corrected chi connectivity index (χ0v) is 18.8. The van der Waals surface area contributed by atoms with E-state index in [1.54, 1.807) is 0 Å². The molecule has 15 nitrogen and oxygen atoms in total. The SMILES string of the molecule is CCCC(=O)OCCOC(=O)NC(N)=N[C@@H]1C=C(C(=O)O)O[C@H](C[C@H](O)CO)[C@@H]1NC(=O)OC. The number of amides is 2. The molecule has 1 aliphatic rings. The Kier molecular flexibility index (Phi) is 12.2. The maximum atomic E-state index is 11.9. The third kappa shape index (κ3) is 9.91. The Morgan fingerprint density at radius 1 is 1.24 bits per heavy atom. The fourth-order valence-corrected chi connectivity index (χ4v) is 2.80. The summed E-state index contributed by atoms with van der Waals surface area (Å²) >= 11 is 0. The highest BCUT2D eigenvalue weighted by Crippen LogP contribution is 2.24. The number of alkyl carbamates (subject to hydrolysis) is 2. The van der Waals surface area contributed by atoms with Crippen molar-refractivity contribution in [3.63, 3.8) is 0 Å². The summed E-state index contributed by atoms with van der Waals surface area (Å²) in [7, 11) is 1.10. The lowest BCUT2D eigenvalue weighted by atomic mass is 9.94. The van der Waals surface area contributed by atoms with Crippen LogP contribution in [0.2, 0.25) is 0 Å². The number of aliphatic hydroxyl groups is 2. The van der Waals surface area contributed by atoms with Crippen LogP contribution in [0.25, 0.3) is 0 Å². The second kappa shape index (κ2) is 14.5. The van der Waals surface area contributed by atoms with Gasteiger partial charge in [-0.05, 0) is 12.5 Å². The van der Waals surface area contributed by atoms with Crippen molar-refractivity contribution in [2.45, 2.75) is 50.5 Å². The van der Waals surface area contributed by atoms with E-state index in [9.17, 15) is 29.4 Å². The van der Waals surface area contributed by atoms with Crippen LogP contribution in [-0.4, -0.2) is 96.6 Å². The van der Waals surface area contributed by atoms with Gasteiger partial charge in [-0.25, -0.2) is 19.4 Å². The van der Waals surface area contributed by atoms with E-state index in [1.807, 2.05) is 6.92 Å². The zero-order chi connectivity index (χ0) is 25.7. The molecule has 4 atom stereocenters. The normalized spacial score (nSPS) is 20.8. The molecular weight excluding hydrogens is 460 g/mol. The number of hydrogen-bond donors (Lipinski definition) is 6. The number of guanidine groups is 1. The van der Waals surface area contributed by atoms with Gasteiger partial charge >= 0.3 is 24.1 Å². The van der Waals surface area contributed by atoms with Gasteiger partial charge in [0, 0.05) is 12.8 Å². The summed E-state index contributed by atoms with van der Waals surface area (Å²) in [4.78, 5) is 50.4. The van der Waals surface area contributed by atoms with E-state index in [-0.39, 0.29) is 26.1 Å². The summed E-state index contributed by atoms with van der Waals surface area (Å²) in [5, 5.41) is 32.8. The Labute approximate surface area is 194 Å². The van der Waals surface area contributed by atoms with Crippen LogP contribution in [0, 0.1) is 0 Å². The minimum absolute atomic E-state index is 0.159. The molecule has 1 aliphatic heterocycles. The number of aliphatic hydroxyl groups excluding tert-OH is 2. The molecule has 1 rings (SSSR count). The monoisotopic (exact) mass is 490 g/mol. The van der Waals surface area contributed by atoms with Gasteiger partial charge in [-0.2, -0.15) is 0 Å². The molecule has 2 amide bonds.